The van der Waals surface area contributed by atoms with Crippen LogP contribution in [0.4, 0.5) is 10.7 Å². The molecule has 2 aromatic rings. The topological polar surface area (TPSA) is 157 Å². The molecule has 2 heterocycles. The van der Waals surface area contributed by atoms with Crippen LogP contribution in [0.2, 0.25) is 0 Å². The highest BCUT2D eigenvalue weighted by Gasteiger charge is 2.57. The number of ether oxygens (including phenoxy) is 1. The van der Waals surface area contributed by atoms with Crippen LogP contribution in [0.15, 0.2) is 36.4 Å². The van der Waals surface area contributed by atoms with Gasteiger partial charge in [0.15, 0.2) is 0 Å². The number of anilines is 1. The minimum atomic E-state index is -1.09. The van der Waals surface area contributed by atoms with Gasteiger partial charge in [0.1, 0.15) is 11.6 Å². The van der Waals surface area contributed by atoms with Crippen molar-refractivity contribution in [3.63, 3.8) is 0 Å². The minimum Gasteiger partial charge on any atom is -0.474 e. The van der Waals surface area contributed by atoms with Gasteiger partial charge in [0.25, 0.3) is 0 Å². The first-order valence-electron chi connectivity index (χ1n) is 13.9. The second kappa shape index (κ2) is 11.2. The van der Waals surface area contributed by atoms with Gasteiger partial charge >= 0.3 is 6.03 Å². The summed E-state index contributed by atoms with van der Waals surface area (Å²) in [7, 11) is 0. The Kier molecular flexibility index (Phi) is 7.73. The summed E-state index contributed by atoms with van der Waals surface area (Å²) >= 11 is 0. The van der Waals surface area contributed by atoms with Crippen molar-refractivity contribution in [2.24, 2.45) is 23.5 Å². The number of hydrogen-bond acceptors (Lipinski definition) is 8. The lowest BCUT2D eigenvalue weighted by Gasteiger charge is -2.26. The van der Waals surface area contributed by atoms with Gasteiger partial charge < -0.3 is 21.1 Å². The number of carbonyl (C=O) groups excluding carboxylic acids is 4. The molecule has 11 heteroatoms. The minimum absolute atomic E-state index is 0.0921. The molecule has 211 valence electrons. The van der Waals surface area contributed by atoms with E-state index in [9.17, 15) is 19.2 Å². The number of rotatable bonds is 5. The molecule has 11 nitrogen and oxygen atoms in total. The summed E-state index contributed by atoms with van der Waals surface area (Å²) in [4.78, 5) is 61.6. The number of para-hydroxylation sites is 1. The lowest BCUT2D eigenvalue weighted by atomic mass is 9.93. The zero-order chi connectivity index (χ0) is 28.4. The van der Waals surface area contributed by atoms with E-state index in [4.69, 9.17) is 10.5 Å². The molecule has 2 aliphatic carbocycles. The van der Waals surface area contributed by atoms with Gasteiger partial charge in [0.2, 0.25) is 29.9 Å². The number of fused-ring (bicyclic) bond motifs is 3. The maximum atomic E-state index is 13.7. The Morgan fingerprint density at radius 2 is 1.98 bits per heavy atom. The van der Waals surface area contributed by atoms with Gasteiger partial charge in [-0.3, -0.25) is 19.3 Å². The van der Waals surface area contributed by atoms with Crippen molar-refractivity contribution in [1.82, 2.24) is 20.2 Å². The van der Waals surface area contributed by atoms with E-state index in [1.54, 1.807) is 0 Å². The van der Waals surface area contributed by atoms with E-state index in [0.717, 1.165) is 17.7 Å². The van der Waals surface area contributed by atoms with Crippen LogP contribution in [-0.2, 0) is 14.4 Å². The van der Waals surface area contributed by atoms with Gasteiger partial charge in [0, 0.05) is 18.5 Å². The van der Waals surface area contributed by atoms with Crippen molar-refractivity contribution in [3.05, 3.63) is 36.4 Å². The van der Waals surface area contributed by atoms with Crippen LogP contribution in [0.3, 0.4) is 0 Å². The molecule has 4 amide bonds. The molecule has 2 saturated carbocycles. The fourth-order valence-corrected chi connectivity index (χ4v) is 5.71. The van der Waals surface area contributed by atoms with Crippen molar-refractivity contribution in [1.29, 1.82) is 0 Å². The smallest absolute Gasteiger partial charge is 0.321 e. The highest BCUT2D eigenvalue weighted by Crippen LogP contribution is 2.45. The number of allylic oxidation sites excluding steroid dienone is 1. The van der Waals surface area contributed by atoms with Crippen molar-refractivity contribution in [2.75, 3.05) is 11.9 Å². The first kappa shape index (κ1) is 27.5. The monoisotopic (exact) mass is 547 g/mol. The molecule has 0 bridgehead atoms. The number of nitrogens with two attached hydrogens (primary N) is 1. The number of urea groups is 1. The molecule has 1 aromatic carbocycles. The molecule has 0 saturated heterocycles. The number of carbonyl (C=O) groups is 3. The highest BCUT2D eigenvalue weighted by atomic mass is 16.5. The summed E-state index contributed by atoms with van der Waals surface area (Å²) in [6.07, 6.45) is 8.29. The number of benzene rings is 1. The van der Waals surface area contributed by atoms with Crippen LogP contribution in [0.5, 0.6) is 5.88 Å². The van der Waals surface area contributed by atoms with E-state index < -0.39 is 41.3 Å². The first-order valence-corrected chi connectivity index (χ1v) is 13.9. The average molecular weight is 548 g/mol. The molecular weight excluding hydrogens is 512 g/mol. The summed E-state index contributed by atoms with van der Waals surface area (Å²) in [5.41, 5.74) is 5.21. The Bertz CT molecular complexity index is 1350. The Balaban J connectivity index is 1.45. The number of hydrogen-bond donors (Lipinski definition) is 3. The molecule has 40 heavy (non-hydrogen) atoms. The third kappa shape index (κ3) is 5.64. The molecule has 1 aromatic heterocycles. The quantitative estimate of drug-likeness (QED) is 0.483. The van der Waals surface area contributed by atoms with E-state index >= 15 is 0 Å². The fraction of sp³-hybridized carbons (Fsp3) is 0.517. The maximum Gasteiger partial charge on any atom is 0.321 e. The van der Waals surface area contributed by atoms with Crippen LogP contribution >= 0.6 is 0 Å². The summed E-state index contributed by atoms with van der Waals surface area (Å²) in [6, 6.07) is 6.69. The third-order valence-corrected chi connectivity index (χ3v) is 7.88. The Morgan fingerprint density at radius 3 is 2.73 bits per heavy atom. The van der Waals surface area contributed by atoms with Gasteiger partial charge in [-0.1, -0.05) is 24.3 Å². The van der Waals surface area contributed by atoms with Crippen molar-refractivity contribution in [2.45, 2.75) is 70.1 Å². The molecule has 5 rings (SSSR count). The average Bonchev–Trinajstić information content (AvgIpc) is 3.42. The third-order valence-electron chi connectivity index (χ3n) is 7.88. The lowest BCUT2D eigenvalue weighted by molar-refractivity contribution is -0.138. The normalized spacial score (nSPS) is 29.6. The molecule has 5 atom stereocenters. The standard InChI is InChI=1S/C29H35N6O5/c1-17(2)31-28-32-23-11-7-6-10-20(23)25(33-28)40-19-13-21-22(14-19)26(38)35(27(30)39)12-8-4-3-5-9-18-15-29(18,16-36)34-24(21)37/h5-7,9-11,17-19,21-22H,3-4,8,12-15H2,1-2H3,(H2,30,39)(H,34,37)(H,31,32,33)/b9-5+. The van der Waals surface area contributed by atoms with Crippen LogP contribution in [0, 0.1) is 17.8 Å². The van der Waals surface area contributed by atoms with E-state index in [-0.39, 0.29) is 31.3 Å². The Labute approximate surface area is 232 Å². The SMILES string of the molecule is CC(C)Nc1nc(OC2CC3C(=O)NC4([C]=O)CC4/C=C/CCCCN(C(N)=O)C(=O)C3C2)c2ccccc2n1. The molecule has 1 aliphatic heterocycles. The number of amides is 4. The van der Waals surface area contributed by atoms with Gasteiger partial charge in [-0.2, -0.15) is 4.98 Å². The molecule has 1 radical (unpaired) electrons. The Morgan fingerprint density at radius 1 is 1.20 bits per heavy atom. The predicted octanol–water partition coefficient (Wildman–Crippen LogP) is 2.86. The molecule has 5 unspecified atom stereocenters. The maximum absolute atomic E-state index is 13.7. The predicted molar refractivity (Wildman–Crippen MR) is 148 cm³/mol. The van der Waals surface area contributed by atoms with E-state index in [1.165, 1.54) is 0 Å². The summed E-state index contributed by atoms with van der Waals surface area (Å²) < 4.78 is 6.37. The molecule has 3 aliphatic rings. The van der Waals surface area contributed by atoms with E-state index in [0.29, 0.717) is 35.6 Å². The largest absolute Gasteiger partial charge is 0.474 e. The number of primary amides is 1. The van der Waals surface area contributed by atoms with E-state index in [1.807, 2.05) is 56.6 Å². The summed E-state index contributed by atoms with van der Waals surface area (Å²) in [5, 5.41) is 6.76. The lowest BCUT2D eigenvalue weighted by Crippen LogP contribution is -2.49. The van der Waals surface area contributed by atoms with Gasteiger partial charge in [-0.05, 0) is 64.5 Å². The van der Waals surface area contributed by atoms with Gasteiger partial charge in [-0.25, -0.2) is 9.78 Å². The number of nitrogens with zero attached hydrogens (tertiary/aromatic N) is 3. The molecule has 2 fully saturated rings. The number of imide groups is 1. The summed E-state index contributed by atoms with van der Waals surface area (Å²) in [6.45, 7) is 4.13. The van der Waals surface area contributed by atoms with Crippen molar-refractivity contribution in [3.8, 4) is 5.88 Å². The number of aromatic nitrogens is 2. The van der Waals surface area contributed by atoms with Crippen molar-refractivity contribution >= 4 is 41.0 Å². The van der Waals surface area contributed by atoms with Crippen LogP contribution in [0.25, 0.3) is 10.9 Å². The molecule has 0 spiro atoms. The second-order valence-electron chi connectivity index (χ2n) is 11.2. The number of nitrogens with one attached hydrogen (secondary N) is 2. The van der Waals surface area contributed by atoms with E-state index in [2.05, 4.69) is 20.6 Å². The van der Waals surface area contributed by atoms with Crippen LogP contribution in [0.1, 0.15) is 52.4 Å². The van der Waals surface area contributed by atoms with Crippen LogP contribution < -0.4 is 21.1 Å². The zero-order valence-corrected chi connectivity index (χ0v) is 22.8. The van der Waals surface area contributed by atoms with Crippen LogP contribution in [-0.4, -0.2) is 63.2 Å². The van der Waals surface area contributed by atoms with Crippen molar-refractivity contribution < 1.29 is 23.9 Å². The summed E-state index contributed by atoms with van der Waals surface area (Å²) in [5.74, 6) is -1.98. The Hall–Kier alpha value is -4.02. The molecular formula is C29H35N6O5. The highest BCUT2D eigenvalue weighted by molar-refractivity contribution is 5.98. The molecule has 4 N–H and O–H groups in total. The zero-order valence-electron chi connectivity index (χ0n) is 22.8. The second-order valence-corrected chi connectivity index (χ2v) is 11.2. The first-order chi connectivity index (χ1) is 19.2. The van der Waals surface area contributed by atoms with Gasteiger partial charge in [-0.15, -0.1) is 0 Å². The van der Waals surface area contributed by atoms with Gasteiger partial charge in [0.05, 0.1) is 22.7 Å². The fourth-order valence-electron chi connectivity index (χ4n) is 5.71.